The van der Waals surface area contributed by atoms with Gasteiger partial charge < -0.3 is 10.2 Å². The van der Waals surface area contributed by atoms with Gasteiger partial charge in [0.1, 0.15) is 0 Å². The third-order valence-electron chi connectivity index (χ3n) is 4.51. The smallest absolute Gasteiger partial charge is 0.0573 e. The lowest BCUT2D eigenvalue weighted by Crippen LogP contribution is -2.27. The molecule has 0 radical (unpaired) electrons. The molecule has 1 rings (SSSR count). The summed E-state index contributed by atoms with van der Waals surface area (Å²) in [6.07, 6.45) is 5.58. The molecule has 0 aromatic heterocycles. The number of hydrogen-bond donors (Lipinski definition) is 2. The molecular weight excluding hydrogens is 320 g/mol. The maximum absolute atomic E-state index is 9.52. The third kappa shape index (κ3) is 23.9. The first kappa shape index (κ1) is 36.8. The fourth-order valence-electron chi connectivity index (χ4n) is 2.29. The summed E-state index contributed by atoms with van der Waals surface area (Å²) < 4.78 is 0. The van der Waals surface area contributed by atoms with Crippen LogP contribution in [0.1, 0.15) is 124 Å². The Morgan fingerprint density at radius 1 is 0.769 bits per heavy atom. The van der Waals surface area contributed by atoms with E-state index >= 15 is 0 Å². The highest BCUT2D eigenvalue weighted by Crippen LogP contribution is 2.39. The highest BCUT2D eigenvalue weighted by molar-refractivity contribution is 4.85. The van der Waals surface area contributed by atoms with Crippen molar-refractivity contribution in [1.82, 2.24) is 0 Å². The van der Waals surface area contributed by atoms with E-state index in [9.17, 15) is 5.11 Å². The summed E-state index contributed by atoms with van der Waals surface area (Å²) in [5, 5.41) is 17.9. The lowest BCUT2D eigenvalue weighted by atomic mass is 9.79. The van der Waals surface area contributed by atoms with Gasteiger partial charge in [0, 0.05) is 6.61 Å². The van der Waals surface area contributed by atoms with E-state index in [1.54, 1.807) is 0 Å². The van der Waals surface area contributed by atoms with Crippen LogP contribution in [0.5, 0.6) is 0 Å². The molecule has 0 spiro atoms. The first-order valence-electron chi connectivity index (χ1n) is 9.43. The third-order valence-corrected chi connectivity index (χ3v) is 4.51. The van der Waals surface area contributed by atoms with Crippen LogP contribution in [-0.2, 0) is 0 Å². The van der Waals surface area contributed by atoms with Crippen molar-refractivity contribution >= 4 is 0 Å². The van der Waals surface area contributed by atoms with Crippen LogP contribution in [0.3, 0.4) is 0 Å². The zero-order valence-electron chi connectivity index (χ0n) is 17.8. The molecule has 2 unspecified atom stereocenters. The van der Waals surface area contributed by atoms with E-state index in [1.807, 2.05) is 0 Å². The van der Waals surface area contributed by atoms with Crippen molar-refractivity contribution in [2.24, 2.45) is 22.2 Å². The minimum absolute atomic E-state index is 0. The predicted octanol–water partition coefficient (Wildman–Crippen LogP) is 7.96. The number of aliphatic hydroxyl groups is 2. The van der Waals surface area contributed by atoms with E-state index in [0.717, 1.165) is 12.8 Å². The van der Waals surface area contributed by atoms with Gasteiger partial charge in [-0.3, -0.25) is 0 Å². The minimum Gasteiger partial charge on any atom is -0.396 e. The van der Waals surface area contributed by atoms with Gasteiger partial charge in [-0.15, -0.1) is 0 Å². The first-order chi connectivity index (χ1) is 10.1. The molecule has 0 amide bonds. The van der Waals surface area contributed by atoms with E-state index in [4.69, 9.17) is 5.11 Å². The van der Waals surface area contributed by atoms with Gasteiger partial charge in [0.05, 0.1) is 6.10 Å². The van der Waals surface area contributed by atoms with Gasteiger partial charge in [0.2, 0.25) is 0 Å². The molecule has 0 heterocycles. The molecule has 0 saturated heterocycles. The van der Waals surface area contributed by atoms with Crippen LogP contribution < -0.4 is 0 Å². The van der Waals surface area contributed by atoms with Crippen LogP contribution in [0.4, 0.5) is 0 Å². The zero-order valence-corrected chi connectivity index (χ0v) is 17.8. The van der Waals surface area contributed by atoms with Crippen LogP contribution in [0, 0.1) is 22.2 Å². The molecule has 0 aromatic carbocycles. The Morgan fingerprint density at radius 2 is 1.15 bits per heavy atom. The van der Waals surface area contributed by atoms with Crippen LogP contribution in [0.15, 0.2) is 0 Å². The summed E-state index contributed by atoms with van der Waals surface area (Å²) in [5.41, 5.74) is 1.14. The summed E-state index contributed by atoms with van der Waals surface area (Å²) in [6.45, 7) is 22.2. The number of rotatable bonds is 1. The van der Waals surface area contributed by atoms with E-state index in [1.165, 1.54) is 19.3 Å². The molecule has 26 heavy (non-hydrogen) atoms. The fraction of sp³-hybridized carbons (Fsp3) is 1.00. The molecule has 2 heteroatoms. The second-order valence-corrected chi connectivity index (χ2v) is 10.4. The van der Waals surface area contributed by atoms with Gasteiger partial charge in [-0.25, -0.2) is 0 Å². The predicted molar refractivity (Wildman–Crippen MR) is 124 cm³/mol. The topological polar surface area (TPSA) is 40.5 Å². The van der Waals surface area contributed by atoms with Gasteiger partial charge in [-0.1, -0.05) is 104 Å². The molecule has 1 saturated carbocycles. The molecular formula is C24H58O2. The molecule has 0 bridgehead atoms. The number of aliphatic hydroxyl groups excluding tert-OH is 2. The van der Waals surface area contributed by atoms with E-state index < -0.39 is 0 Å². The SMILES string of the molecule is C.C.C.CC(C)(C)C1CCCC1O.CC(C)(C)CCO.CCC(C)(C)C. The average Bonchev–Trinajstić information content (AvgIpc) is 2.74. The van der Waals surface area contributed by atoms with Crippen LogP contribution >= 0.6 is 0 Å². The monoisotopic (exact) mass is 378 g/mol. The average molecular weight is 379 g/mol. The van der Waals surface area contributed by atoms with Crippen molar-refractivity contribution in [3.8, 4) is 0 Å². The largest absolute Gasteiger partial charge is 0.396 e. The van der Waals surface area contributed by atoms with Gasteiger partial charge in [0.25, 0.3) is 0 Å². The Bertz CT molecular complexity index is 276. The molecule has 0 aliphatic heterocycles. The quantitative estimate of drug-likeness (QED) is 0.485. The Balaban J connectivity index is -0.0000000834. The summed E-state index contributed by atoms with van der Waals surface area (Å²) in [5.74, 6) is 0.535. The van der Waals surface area contributed by atoms with Crippen LogP contribution in [0.25, 0.3) is 0 Å². The van der Waals surface area contributed by atoms with Crippen molar-refractivity contribution in [2.75, 3.05) is 6.61 Å². The summed E-state index contributed by atoms with van der Waals surface area (Å²) >= 11 is 0. The van der Waals surface area contributed by atoms with Crippen molar-refractivity contribution in [3.05, 3.63) is 0 Å². The van der Waals surface area contributed by atoms with E-state index in [0.29, 0.717) is 28.8 Å². The van der Waals surface area contributed by atoms with Gasteiger partial charge in [-0.05, 0) is 41.4 Å². The molecule has 166 valence electrons. The first-order valence-corrected chi connectivity index (χ1v) is 9.43. The number of hydrogen-bond acceptors (Lipinski definition) is 2. The molecule has 0 aromatic rings. The van der Waals surface area contributed by atoms with E-state index in [2.05, 4.69) is 69.2 Å². The Labute approximate surface area is 169 Å². The zero-order chi connectivity index (χ0) is 18.9. The summed E-state index contributed by atoms with van der Waals surface area (Å²) in [4.78, 5) is 0. The Morgan fingerprint density at radius 3 is 1.23 bits per heavy atom. The summed E-state index contributed by atoms with van der Waals surface area (Å²) in [7, 11) is 0. The van der Waals surface area contributed by atoms with Crippen molar-refractivity contribution < 1.29 is 10.2 Å². The second kappa shape index (κ2) is 15.9. The second-order valence-electron chi connectivity index (χ2n) is 10.4. The lowest BCUT2D eigenvalue weighted by molar-refractivity contribution is 0.0684. The Hall–Kier alpha value is -0.0800. The van der Waals surface area contributed by atoms with Crippen molar-refractivity contribution in [3.63, 3.8) is 0 Å². The highest BCUT2D eigenvalue weighted by Gasteiger charge is 2.34. The maximum atomic E-state index is 9.52. The summed E-state index contributed by atoms with van der Waals surface area (Å²) in [6, 6.07) is 0. The molecule has 1 fully saturated rings. The van der Waals surface area contributed by atoms with Gasteiger partial charge >= 0.3 is 0 Å². The molecule has 2 nitrogen and oxygen atoms in total. The minimum atomic E-state index is -0.0278. The van der Waals surface area contributed by atoms with Gasteiger partial charge in [-0.2, -0.15) is 0 Å². The normalized spacial score (nSPS) is 19.4. The van der Waals surface area contributed by atoms with Crippen LogP contribution in [-0.4, -0.2) is 22.9 Å². The molecule has 1 aliphatic rings. The Kier molecular flexibility index (Phi) is 22.5. The fourth-order valence-corrected chi connectivity index (χ4v) is 2.29. The highest BCUT2D eigenvalue weighted by atomic mass is 16.3. The molecule has 1 aliphatic carbocycles. The van der Waals surface area contributed by atoms with Crippen molar-refractivity contribution in [2.45, 2.75) is 130 Å². The molecule has 2 atom stereocenters. The standard InChI is InChI=1S/C9H18O.C6H14O.C6H14.3CH4/c1-9(2,3)7-5-4-6-8(7)10;1-6(2,3)4-5-7;1-5-6(2,3)4;;;/h7-8,10H,4-6H2,1-3H3;7H,4-5H2,1-3H3;5H2,1-4H3;3*1H4. The van der Waals surface area contributed by atoms with Gasteiger partial charge in [0.15, 0.2) is 0 Å². The molecule has 2 N–H and O–H groups in total. The van der Waals surface area contributed by atoms with Crippen molar-refractivity contribution in [1.29, 1.82) is 0 Å². The van der Waals surface area contributed by atoms with Crippen LogP contribution in [0.2, 0.25) is 0 Å². The lowest BCUT2D eigenvalue weighted by Gasteiger charge is -2.29. The maximum Gasteiger partial charge on any atom is 0.0573 e. The van der Waals surface area contributed by atoms with E-state index in [-0.39, 0.29) is 28.4 Å².